The molecule has 0 fully saturated rings. The van der Waals surface area contributed by atoms with Crippen LogP contribution in [0.5, 0.6) is 0 Å². The molecule has 1 amide bonds. The molecule has 106 valence electrons. The highest BCUT2D eigenvalue weighted by Crippen LogP contribution is 2.12. The molecule has 0 bridgehead atoms. The topological polar surface area (TPSA) is 49.8 Å². The van der Waals surface area contributed by atoms with E-state index in [1.165, 1.54) is 0 Å². The molecule has 0 unspecified atom stereocenters. The van der Waals surface area contributed by atoms with Gasteiger partial charge in [-0.25, -0.2) is 0 Å². The Hall–Kier alpha value is -1.88. The summed E-state index contributed by atoms with van der Waals surface area (Å²) in [6, 6.07) is 9.78. The number of hydrogen-bond donors (Lipinski definition) is 2. The highest BCUT2D eigenvalue weighted by molar-refractivity contribution is 7.71. The second-order valence-electron chi connectivity index (χ2n) is 4.81. The summed E-state index contributed by atoms with van der Waals surface area (Å²) in [4.78, 5) is 15.3. The first-order valence-corrected chi connectivity index (χ1v) is 7.21. The van der Waals surface area contributed by atoms with E-state index in [1.807, 2.05) is 37.3 Å². The van der Waals surface area contributed by atoms with Crippen LogP contribution in [0.2, 0.25) is 0 Å². The summed E-state index contributed by atoms with van der Waals surface area (Å²) in [6.45, 7) is 4.11. The van der Waals surface area contributed by atoms with Gasteiger partial charge in [-0.15, -0.1) is 0 Å². The predicted molar refractivity (Wildman–Crippen MR) is 82.8 cm³/mol. The molecule has 0 radical (unpaired) electrons. The maximum absolute atomic E-state index is 12.3. The molecule has 0 spiro atoms. The van der Waals surface area contributed by atoms with Gasteiger partial charge in [0.2, 0.25) is 0 Å². The van der Waals surface area contributed by atoms with Crippen molar-refractivity contribution < 1.29 is 4.79 Å². The van der Waals surface area contributed by atoms with Gasteiger partial charge in [-0.05, 0) is 37.7 Å². The van der Waals surface area contributed by atoms with E-state index in [1.54, 1.807) is 10.8 Å². The number of rotatable bonds is 5. The third-order valence-electron chi connectivity index (χ3n) is 3.12. The Balaban J connectivity index is 2.30. The number of nitrogens with zero attached hydrogens (tertiary/aromatic N) is 1. The minimum Gasteiger partial charge on any atom is -0.348 e. The summed E-state index contributed by atoms with van der Waals surface area (Å²) in [7, 11) is 0. The van der Waals surface area contributed by atoms with Crippen LogP contribution in [-0.4, -0.2) is 21.5 Å². The van der Waals surface area contributed by atoms with Crippen molar-refractivity contribution in [2.45, 2.75) is 32.7 Å². The van der Waals surface area contributed by atoms with Gasteiger partial charge in [0, 0.05) is 17.9 Å². The van der Waals surface area contributed by atoms with Crippen LogP contribution >= 0.6 is 12.2 Å². The molecule has 2 aromatic rings. The lowest BCUT2D eigenvalue weighted by Crippen LogP contribution is -2.33. The first kappa shape index (κ1) is 14.5. The maximum Gasteiger partial charge on any atom is 0.270 e. The normalized spacial score (nSPS) is 12.1. The van der Waals surface area contributed by atoms with Crippen molar-refractivity contribution in [2.24, 2.45) is 0 Å². The Kier molecular flexibility index (Phi) is 4.74. The maximum atomic E-state index is 12.3. The van der Waals surface area contributed by atoms with Gasteiger partial charge in [0.15, 0.2) is 4.77 Å². The van der Waals surface area contributed by atoms with Gasteiger partial charge in [0.1, 0.15) is 5.69 Å². The molecule has 2 N–H and O–H groups in total. The number of nitrogens with one attached hydrogen (secondary N) is 2. The molecule has 0 aliphatic rings. The van der Waals surface area contributed by atoms with Crippen LogP contribution in [-0.2, 0) is 0 Å². The van der Waals surface area contributed by atoms with Crippen molar-refractivity contribution in [3.8, 4) is 5.69 Å². The molecule has 20 heavy (non-hydrogen) atoms. The highest BCUT2D eigenvalue weighted by Gasteiger charge is 2.15. The van der Waals surface area contributed by atoms with Crippen molar-refractivity contribution in [3.05, 3.63) is 47.0 Å². The fraction of sp³-hybridized carbons (Fsp3) is 0.333. The fourth-order valence-electron chi connectivity index (χ4n) is 2.17. The third kappa shape index (κ3) is 3.17. The molecular formula is C15H19N3OS. The van der Waals surface area contributed by atoms with E-state index in [-0.39, 0.29) is 11.9 Å². The Morgan fingerprint density at radius 2 is 2.10 bits per heavy atom. The SMILES string of the molecule is CCC[C@@H](C)NC(=O)c1c[nH]c(=S)n1-c1ccccc1. The quantitative estimate of drug-likeness (QED) is 0.828. The van der Waals surface area contributed by atoms with Crippen LogP contribution in [0.4, 0.5) is 0 Å². The van der Waals surface area contributed by atoms with Crippen LogP contribution in [0.3, 0.4) is 0 Å². The summed E-state index contributed by atoms with van der Waals surface area (Å²) < 4.78 is 2.27. The summed E-state index contributed by atoms with van der Waals surface area (Å²) in [5, 5.41) is 2.99. The van der Waals surface area contributed by atoms with E-state index in [0.29, 0.717) is 10.5 Å². The smallest absolute Gasteiger partial charge is 0.270 e. The van der Waals surface area contributed by atoms with Gasteiger partial charge >= 0.3 is 0 Å². The zero-order valence-electron chi connectivity index (χ0n) is 11.7. The monoisotopic (exact) mass is 289 g/mol. The van der Waals surface area contributed by atoms with E-state index in [2.05, 4.69) is 17.2 Å². The number of carbonyl (C=O) groups is 1. The van der Waals surface area contributed by atoms with Crippen LogP contribution in [0.25, 0.3) is 5.69 Å². The number of amides is 1. The Morgan fingerprint density at radius 3 is 2.75 bits per heavy atom. The first-order chi connectivity index (χ1) is 9.63. The summed E-state index contributed by atoms with van der Waals surface area (Å²) in [6.07, 6.45) is 3.66. The van der Waals surface area contributed by atoms with E-state index in [0.717, 1.165) is 18.5 Å². The number of H-pyrrole nitrogens is 1. The van der Waals surface area contributed by atoms with E-state index in [4.69, 9.17) is 12.2 Å². The average molecular weight is 289 g/mol. The molecule has 0 saturated heterocycles. The molecule has 1 aromatic carbocycles. The standard InChI is InChI=1S/C15H19N3OS/c1-3-7-11(2)17-14(19)13-10-16-15(20)18(13)12-8-5-4-6-9-12/h4-6,8-11H,3,7H2,1-2H3,(H,16,20)(H,17,19)/t11-/m1/s1. The predicted octanol–water partition coefficient (Wildman–Crippen LogP) is 3.45. The third-order valence-corrected chi connectivity index (χ3v) is 3.42. The molecule has 0 aliphatic heterocycles. The zero-order chi connectivity index (χ0) is 14.5. The van der Waals surface area contributed by atoms with Crippen molar-refractivity contribution in [1.82, 2.24) is 14.9 Å². The second kappa shape index (κ2) is 6.52. The van der Waals surface area contributed by atoms with Crippen LogP contribution in [0, 0.1) is 4.77 Å². The summed E-state index contributed by atoms with van der Waals surface area (Å²) in [5.41, 5.74) is 1.41. The van der Waals surface area contributed by atoms with Gasteiger partial charge < -0.3 is 10.3 Å². The van der Waals surface area contributed by atoms with Crippen molar-refractivity contribution in [3.63, 3.8) is 0 Å². The van der Waals surface area contributed by atoms with Gasteiger partial charge in [-0.1, -0.05) is 31.5 Å². The number of imidazole rings is 1. The number of aromatic amines is 1. The Labute approximate surface area is 123 Å². The number of para-hydroxylation sites is 1. The van der Waals surface area contributed by atoms with Crippen LogP contribution in [0.15, 0.2) is 36.5 Å². The van der Waals surface area contributed by atoms with Crippen molar-refractivity contribution >= 4 is 18.1 Å². The minimum absolute atomic E-state index is 0.109. The van der Waals surface area contributed by atoms with Gasteiger partial charge in [-0.3, -0.25) is 9.36 Å². The summed E-state index contributed by atoms with van der Waals surface area (Å²) in [5.74, 6) is -0.109. The lowest BCUT2D eigenvalue weighted by Gasteiger charge is -2.14. The fourth-order valence-corrected chi connectivity index (χ4v) is 2.43. The second-order valence-corrected chi connectivity index (χ2v) is 5.20. The largest absolute Gasteiger partial charge is 0.348 e. The highest BCUT2D eigenvalue weighted by atomic mass is 32.1. The number of hydrogen-bond acceptors (Lipinski definition) is 2. The molecule has 1 aromatic heterocycles. The molecular weight excluding hydrogens is 270 g/mol. The summed E-state index contributed by atoms with van der Waals surface area (Å²) >= 11 is 5.27. The molecule has 4 nitrogen and oxygen atoms in total. The van der Waals surface area contributed by atoms with E-state index >= 15 is 0 Å². The van der Waals surface area contributed by atoms with Crippen LogP contribution in [0.1, 0.15) is 37.2 Å². The first-order valence-electron chi connectivity index (χ1n) is 6.80. The molecule has 0 aliphatic carbocycles. The molecule has 1 heterocycles. The lowest BCUT2D eigenvalue weighted by atomic mass is 10.2. The van der Waals surface area contributed by atoms with Crippen molar-refractivity contribution in [2.75, 3.05) is 0 Å². The average Bonchev–Trinajstić information content (AvgIpc) is 2.82. The lowest BCUT2D eigenvalue weighted by molar-refractivity contribution is 0.0931. The number of carbonyl (C=O) groups excluding carboxylic acids is 1. The Morgan fingerprint density at radius 1 is 1.40 bits per heavy atom. The van der Waals surface area contributed by atoms with Gasteiger partial charge in [0.25, 0.3) is 5.91 Å². The zero-order valence-corrected chi connectivity index (χ0v) is 12.5. The minimum atomic E-state index is -0.109. The molecule has 0 saturated carbocycles. The molecule has 1 atom stereocenters. The van der Waals surface area contributed by atoms with Gasteiger partial charge in [0.05, 0.1) is 0 Å². The molecule has 2 rings (SSSR count). The Bertz CT molecular complexity index is 630. The van der Waals surface area contributed by atoms with Crippen molar-refractivity contribution in [1.29, 1.82) is 0 Å². The van der Waals surface area contributed by atoms with Gasteiger partial charge in [-0.2, -0.15) is 0 Å². The number of benzene rings is 1. The van der Waals surface area contributed by atoms with Crippen LogP contribution < -0.4 is 5.32 Å². The van der Waals surface area contributed by atoms with E-state index < -0.39 is 0 Å². The van der Waals surface area contributed by atoms with E-state index in [9.17, 15) is 4.79 Å². The molecule has 5 heteroatoms. The number of aromatic nitrogens is 2.